The Kier molecular flexibility index (Phi) is 4.83. The third-order valence-corrected chi connectivity index (χ3v) is 3.37. The summed E-state index contributed by atoms with van der Waals surface area (Å²) in [5.74, 6) is 1.90. The molecule has 116 valence electrons. The molecule has 0 bridgehead atoms. The average Bonchev–Trinajstić information content (AvgIpc) is 2.51. The van der Waals surface area contributed by atoms with E-state index in [2.05, 4.69) is 16.5 Å². The van der Waals surface area contributed by atoms with Gasteiger partial charge in [-0.2, -0.15) is 4.98 Å². The van der Waals surface area contributed by atoms with Crippen LogP contribution >= 0.6 is 0 Å². The Balaban J connectivity index is 2.45. The SMILES string of the molecule is C=CCc1cc(OC)c(OC)cc1Cc1cnc(N)nc1N. The van der Waals surface area contributed by atoms with Crippen molar-refractivity contribution in [3.8, 4) is 11.5 Å². The first-order valence-electron chi connectivity index (χ1n) is 6.80. The van der Waals surface area contributed by atoms with Gasteiger partial charge in [0.05, 0.1) is 14.2 Å². The number of hydrogen-bond donors (Lipinski definition) is 2. The summed E-state index contributed by atoms with van der Waals surface area (Å²) in [5.41, 5.74) is 14.4. The molecule has 2 rings (SSSR count). The van der Waals surface area contributed by atoms with Gasteiger partial charge in [-0.05, 0) is 29.7 Å². The van der Waals surface area contributed by atoms with Gasteiger partial charge in [0.2, 0.25) is 5.95 Å². The molecule has 0 spiro atoms. The Morgan fingerprint density at radius 1 is 1.09 bits per heavy atom. The number of hydrogen-bond acceptors (Lipinski definition) is 6. The number of nitrogen functional groups attached to an aromatic ring is 2. The molecule has 0 atom stereocenters. The minimum absolute atomic E-state index is 0.167. The van der Waals surface area contributed by atoms with Crippen LogP contribution in [0.1, 0.15) is 16.7 Å². The fourth-order valence-electron chi connectivity index (χ4n) is 2.25. The maximum Gasteiger partial charge on any atom is 0.221 e. The molecule has 0 unspecified atom stereocenters. The molecule has 0 saturated heterocycles. The van der Waals surface area contributed by atoms with Crippen molar-refractivity contribution in [1.82, 2.24) is 9.97 Å². The van der Waals surface area contributed by atoms with E-state index in [1.54, 1.807) is 20.4 Å². The largest absolute Gasteiger partial charge is 0.493 e. The fraction of sp³-hybridized carbons (Fsp3) is 0.250. The number of aromatic nitrogens is 2. The molecule has 0 saturated carbocycles. The minimum atomic E-state index is 0.167. The van der Waals surface area contributed by atoms with Crippen LogP contribution in [0, 0.1) is 0 Å². The van der Waals surface area contributed by atoms with Crippen LogP contribution in [-0.4, -0.2) is 24.2 Å². The number of anilines is 2. The van der Waals surface area contributed by atoms with Crippen LogP contribution in [-0.2, 0) is 12.8 Å². The van der Waals surface area contributed by atoms with E-state index in [1.807, 2.05) is 18.2 Å². The highest BCUT2D eigenvalue weighted by molar-refractivity contribution is 5.51. The number of nitrogens with two attached hydrogens (primary N) is 2. The number of methoxy groups -OCH3 is 2. The summed E-state index contributed by atoms with van der Waals surface area (Å²) in [7, 11) is 3.22. The van der Waals surface area contributed by atoms with Crippen molar-refractivity contribution in [2.45, 2.75) is 12.8 Å². The topological polar surface area (TPSA) is 96.3 Å². The summed E-state index contributed by atoms with van der Waals surface area (Å²) >= 11 is 0. The van der Waals surface area contributed by atoms with Crippen LogP contribution in [0.2, 0.25) is 0 Å². The van der Waals surface area contributed by atoms with Gasteiger partial charge in [0, 0.05) is 18.2 Å². The second-order valence-electron chi connectivity index (χ2n) is 4.78. The zero-order chi connectivity index (χ0) is 16.1. The van der Waals surface area contributed by atoms with Crippen molar-refractivity contribution in [2.75, 3.05) is 25.7 Å². The van der Waals surface area contributed by atoms with Gasteiger partial charge in [-0.3, -0.25) is 0 Å². The van der Waals surface area contributed by atoms with Crippen LogP contribution < -0.4 is 20.9 Å². The van der Waals surface area contributed by atoms with Crippen LogP contribution in [0.3, 0.4) is 0 Å². The first-order chi connectivity index (χ1) is 10.6. The predicted octanol–water partition coefficient (Wildman–Crippen LogP) is 1.98. The summed E-state index contributed by atoms with van der Waals surface area (Å²) in [6.07, 6.45) is 4.78. The first-order valence-corrected chi connectivity index (χ1v) is 6.80. The van der Waals surface area contributed by atoms with Crippen LogP contribution in [0.15, 0.2) is 31.0 Å². The van der Waals surface area contributed by atoms with Crippen molar-refractivity contribution in [3.63, 3.8) is 0 Å². The quantitative estimate of drug-likeness (QED) is 0.792. The van der Waals surface area contributed by atoms with Gasteiger partial charge in [0.25, 0.3) is 0 Å². The Labute approximate surface area is 129 Å². The monoisotopic (exact) mass is 300 g/mol. The van der Waals surface area contributed by atoms with Crippen molar-refractivity contribution in [3.05, 3.63) is 47.7 Å². The maximum atomic E-state index is 5.91. The number of nitrogens with zero attached hydrogens (tertiary/aromatic N) is 2. The number of allylic oxidation sites excluding steroid dienone is 1. The van der Waals surface area contributed by atoms with Crippen molar-refractivity contribution < 1.29 is 9.47 Å². The lowest BCUT2D eigenvalue weighted by Gasteiger charge is -2.15. The summed E-state index contributed by atoms with van der Waals surface area (Å²) < 4.78 is 10.7. The van der Waals surface area contributed by atoms with E-state index in [4.69, 9.17) is 20.9 Å². The molecule has 1 aromatic heterocycles. The van der Waals surface area contributed by atoms with E-state index < -0.39 is 0 Å². The van der Waals surface area contributed by atoms with Crippen molar-refractivity contribution in [2.24, 2.45) is 0 Å². The number of benzene rings is 1. The standard InChI is InChI=1S/C16H20N4O2/c1-4-5-10-7-13(21-2)14(22-3)8-11(10)6-12-9-19-16(18)20-15(12)17/h4,7-9H,1,5-6H2,2-3H3,(H4,17,18,19,20). The molecule has 0 fully saturated rings. The predicted molar refractivity (Wildman–Crippen MR) is 87.1 cm³/mol. The minimum Gasteiger partial charge on any atom is -0.493 e. The first kappa shape index (κ1) is 15.6. The molecule has 1 aromatic carbocycles. The Morgan fingerprint density at radius 3 is 2.27 bits per heavy atom. The normalized spacial score (nSPS) is 10.3. The summed E-state index contributed by atoms with van der Waals surface area (Å²) in [4.78, 5) is 7.99. The third-order valence-electron chi connectivity index (χ3n) is 3.37. The fourth-order valence-corrected chi connectivity index (χ4v) is 2.25. The highest BCUT2D eigenvalue weighted by atomic mass is 16.5. The van der Waals surface area contributed by atoms with E-state index in [0.717, 1.165) is 16.7 Å². The molecule has 22 heavy (non-hydrogen) atoms. The molecule has 4 N–H and O–H groups in total. The molecule has 0 aliphatic carbocycles. The van der Waals surface area contributed by atoms with Gasteiger partial charge in [0.1, 0.15) is 5.82 Å². The van der Waals surface area contributed by atoms with E-state index >= 15 is 0 Å². The van der Waals surface area contributed by atoms with Crippen LogP contribution in [0.5, 0.6) is 11.5 Å². The highest BCUT2D eigenvalue weighted by Gasteiger charge is 2.13. The molecule has 0 amide bonds. The van der Waals surface area contributed by atoms with Gasteiger partial charge in [-0.25, -0.2) is 4.98 Å². The van der Waals surface area contributed by atoms with Gasteiger partial charge in [-0.1, -0.05) is 6.08 Å². The van der Waals surface area contributed by atoms with Crippen LogP contribution in [0.4, 0.5) is 11.8 Å². The molecule has 0 radical (unpaired) electrons. The van der Waals surface area contributed by atoms with Crippen molar-refractivity contribution >= 4 is 11.8 Å². The van der Waals surface area contributed by atoms with E-state index in [-0.39, 0.29) is 5.95 Å². The lowest BCUT2D eigenvalue weighted by molar-refractivity contribution is 0.354. The third kappa shape index (κ3) is 3.28. The van der Waals surface area contributed by atoms with E-state index in [1.165, 1.54) is 0 Å². The van der Waals surface area contributed by atoms with Crippen molar-refractivity contribution in [1.29, 1.82) is 0 Å². The molecule has 6 nitrogen and oxygen atoms in total. The zero-order valence-electron chi connectivity index (χ0n) is 12.8. The number of ether oxygens (including phenoxy) is 2. The lowest BCUT2D eigenvalue weighted by atomic mass is 9.97. The van der Waals surface area contributed by atoms with Gasteiger partial charge in [0.15, 0.2) is 11.5 Å². The van der Waals surface area contributed by atoms with Gasteiger partial charge in [-0.15, -0.1) is 6.58 Å². The Bertz CT molecular complexity index is 686. The maximum absolute atomic E-state index is 5.91. The molecular weight excluding hydrogens is 280 g/mol. The Morgan fingerprint density at radius 2 is 1.73 bits per heavy atom. The molecule has 6 heteroatoms. The van der Waals surface area contributed by atoms with Crippen LogP contribution in [0.25, 0.3) is 0 Å². The molecule has 0 aliphatic heterocycles. The molecular formula is C16H20N4O2. The lowest BCUT2D eigenvalue weighted by Crippen LogP contribution is -2.05. The van der Waals surface area contributed by atoms with Gasteiger partial charge >= 0.3 is 0 Å². The number of rotatable bonds is 6. The second kappa shape index (κ2) is 6.80. The summed E-state index contributed by atoms with van der Waals surface area (Å²) in [6, 6.07) is 3.89. The smallest absolute Gasteiger partial charge is 0.221 e. The zero-order valence-corrected chi connectivity index (χ0v) is 12.8. The second-order valence-corrected chi connectivity index (χ2v) is 4.78. The molecule has 2 aromatic rings. The van der Waals surface area contributed by atoms with E-state index in [9.17, 15) is 0 Å². The average molecular weight is 300 g/mol. The molecule has 1 heterocycles. The van der Waals surface area contributed by atoms with E-state index in [0.29, 0.717) is 30.2 Å². The molecule has 0 aliphatic rings. The summed E-state index contributed by atoms with van der Waals surface area (Å²) in [6.45, 7) is 3.79. The highest BCUT2D eigenvalue weighted by Crippen LogP contribution is 2.32. The summed E-state index contributed by atoms with van der Waals surface area (Å²) in [5, 5.41) is 0. The van der Waals surface area contributed by atoms with Gasteiger partial charge < -0.3 is 20.9 Å². The Hall–Kier alpha value is -2.76.